The van der Waals surface area contributed by atoms with Gasteiger partial charge in [-0.1, -0.05) is 12.1 Å². The summed E-state index contributed by atoms with van der Waals surface area (Å²) in [7, 11) is 1.61. The molecule has 1 unspecified atom stereocenters. The smallest absolute Gasteiger partial charge is 0.269 e. The first-order chi connectivity index (χ1) is 10.0. The van der Waals surface area contributed by atoms with Crippen molar-refractivity contribution in [3.63, 3.8) is 0 Å². The number of nitro groups is 1. The van der Waals surface area contributed by atoms with Crippen LogP contribution in [-0.2, 0) is 16.0 Å². The second-order valence-electron chi connectivity index (χ2n) is 4.71. The number of hydrogen-bond donors (Lipinski definition) is 2. The molecule has 21 heavy (non-hydrogen) atoms. The number of nitrogens with one attached hydrogen (secondary N) is 1. The normalized spacial score (nSPS) is 11.9. The van der Waals surface area contributed by atoms with Gasteiger partial charge in [0.05, 0.1) is 11.0 Å². The first-order valence-corrected chi connectivity index (χ1v) is 6.80. The van der Waals surface area contributed by atoms with Crippen molar-refractivity contribution in [1.82, 2.24) is 5.32 Å². The third kappa shape index (κ3) is 6.33. The SMILES string of the molecule is COCCCC(N)C(=O)NCCc1ccc([N+](=O)[O-])cc1. The molecular weight excluding hydrogens is 274 g/mol. The molecule has 0 aliphatic rings. The Morgan fingerprint density at radius 3 is 2.67 bits per heavy atom. The molecule has 0 radical (unpaired) electrons. The molecule has 0 saturated carbocycles. The lowest BCUT2D eigenvalue weighted by molar-refractivity contribution is -0.384. The van der Waals surface area contributed by atoms with Gasteiger partial charge in [-0.25, -0.2) is 0 Å². The van der Waals surface area contributed by atoms with Gasteiger partial charge in [-0.05, 0) is 24.8 Å². The molecule has 0 heterocycles. The second kappa shape index (κ2) is 9.04. The average Bonchev–Trinajstić information content (AvgIpc) is 2.47. The number of hydrogen-bond acceptors (Lipinski definition) is 5. The van der Waals surface area contributed by atoms with Crippen molar-refractivity contribution in [2.75, 3.05) is 20.3 Å². The summed E-state index contributed by atoms with van der Waals surface area (Å²) in [6.07, 6.45) is 1.93. The van der Waals surface area contributed by atoms with Gasteiger partial charge in [0.1, 0.15) is 0 Å². The lowest BCUT2D eigenvalue weighted by Crippen LogP contribution is -2.41. The molecule has 0 aromatic heterocycles. The molecule has 1 rings (SSSR count). The summed E-state index contributed by atoms with van der Waals surface area (Å²) < 4.78 is 4.90. The third-order valence-corrected chi connectivity index (χ3v) is 3.06. The van der Waals surface area contributed by atoms with E-state index in [4.69, 9.17) is 10.5 Å². The van der Waals surface area contributed by atoms with Crippen LogP contribution in [0.15, 0.2) is 24.3 Å². The van der Waals surface area contributed by atoms with Gasteiger partial charge in [0.15, 0.2) is 0 Å². The van der Waals surface area contributed by atoms with E-state index >= 15 is 0 Å². The minimum absolute atomic E-state index is 0.0583. The van der Waals surface area contributed by atoms with E-state index < -0.39 is 11.0 Å². The summed E-state index contributed by atoms with van der Waals surface area (Å²) in [6.45, 7) is 1.04. The Morgan fingerprint density at radius 2 is 2.10 bits per heavy atom. The zero-order valence-electron chi connectivity index (χ0n) is 12.1. The molecular formula is C14H21N3O4. The predicted octanol–water partition coefficient (Wildman–Crippen LogP) is 1.01. The zero-order valence-corrected chi connectivity index (χ0v) is 12.1. The van der Waals surface area contributed by atoms with Crippen molar-refractivity contribution in [3.05, 3.63) is 39.9 Å². The average molecular weight is 295 g/mol. The van der Waals surface area contributed by atoms with E-state index in [1.165, 1.54) is 12.1 Å². The fraction of sp³-hybridized carbons (Fsp3) is 0.500. The Bertz CT molecular complexity index is 462. The summed E-state index contributed by atoms with van der Waals surface area (Å²) in [6, 6.07) is 5.74. The maximum Gasteiger partial charge on any atom is 0.269 e. The van der Waals surface area contributed by atoms with Crippen LogP contribution in [0.5, 0.6) is 0 Å². The Hall–Kier alpha value is -1.99. The molecule has 7 heteroatoms. The van der Waals surface area contributed by atoms with Crippen molar-refractivity contribution in [2.45, 2.75) is 25.3 Å². The fourth-order valence-corrected chi connectivity index (χ4v) is 1.82. The van der Waals surface area contributed by atoms with E-state index in [1.807, 2.05) is 0 Å². The molecule has 1 amide bonds. The number of amides is 1. The maximum atomic E-state index is 11.7. The summed E-state index contributed by atoms with van der Waals surface area (Å²) in [5.74, 6) is -0.187. The Labute approximate surface area is 123 Å². The van der Waals surface area contributed by atoms with E-state index in [2.05, 4.69) is 5.32 Å². The van der Waals surface area contributed by atoms with E-state index in [-0.39, 0.29) is 11.6 Å². The topological polar surface area (TPSA) is 107 Å². The first-order valence-electron chi connectivity index (χ1n) is 6.80. The molecule has 1 aromatic rings. The van der Waals surface area contributed by atoms with Gasteiger partial charge < -0.3 is 15.8 Å². The number of non-ortho nitro benzene ring substituents is 1. The number of rotatable bonds is 9. The monoisotopic (exact) mass is 295 g/mol. The summed E-state index contributed by atoms with van der Waals surface area (Å²) in [5, 5.41) is 13.3. The molecule has 0 fully saturated rings. The van der Waals surface area contributed by atoms with Gasteiger partial charge in [-0.2, -0.15) is 0 Å². The summed E-state index contributed by atoms with van der Waals surface area (Å²) in [4.78, 5) is 21.8. The van der Waals surface area contributed by atoms with Gasteiger partial charge >= 0.3 is 0 Å². The summed E-state index contributed by atoms with van der Waals surface area (Å²) in [5.41, 5.74) is 6.73. The van der Waals surface area contributed by atoms with E-state index in [0.717, 1.165) is 12.0 Å². The quantitative estimate of drug-likeness (QED) is 0.401. The van der Waals surface area contributed by atoms with Crippen LogP contribution >= 0.6 is 0 Å². The predicted molar refractivity (Wildman–Crippen MR) is 78.9 cm³/mol. The maximum absolute atomic E-state index is 11.7. The fourth-order valence-electron chi connectivity index (χ4n) is 1.82. The minimum Gasteiger partial charge on any atom is -0.385 e. The van der Waals surface area contributed by atoms with E-state index in [9.17, 15) is 14.9 Å². The van der Waals surface area contributed by atoms with Crippen LogP contribution in [0.4, 0.5) is 5.69 Å². The molecule has 7 nitrogen and oxygen atoms in total. The number of benzene rings is 1. The van der Waals surface area contributed by atoms with Gasteiger partial charge in [-0.15, -0.1) is 0 Å². The molecule has 1 aromatic carbocycles. The molecule has 0 bridgehead atoms. The minimum atomic E-state index is -0.531. The first kappa shape index (κ1) is 17.1. The van der Waals surface area contributed by atoms with Crippen LogP contribution in [0, 0.1) is 10.1 Å². The highest BCUT2D eigenvalue weighted by Crippen LogP contribution is 2.11. The van der Waals surface area contributed by atoms with Crippen molar-refractivity contribution < 1.29 is 14.5 Å². The van der Waals surface area contributed by atoms with Crippen molar-refractivity contribution in [3.8, 4) is 0 Å². The molecule has 0 spiro atoms. The molecule has 0 aliphatic carbocycles. The highest BCUT2D eigenvalue weighted by Gasteiger charge is 2.12. The van der Waals surface area contributed by atoms with Gasteiger partial charge in [0, 0.05) is 32.4 Å². The molecule has 0 saturated heterocycles. The number of ether oxygens (including phenoxy) is 1. The van der Waals surface area contributed by atoms with Crippen molar-refractivity contribution in [2.24, 2.45) is 5.73 Å². The molecule has 3 N–H and O–H groups in total. The van der Waals surface area contributed by atoms with Gasteiger partial charge in [-0.3, -0.25) is 14.9 Å². The van der Waals surface area contributed by atoms with Crippen LogP contribution in [0.3, 0.4) is 0 Å². The zero-order chi connectivity index (χ0) is 15.7. The largest absolute Gasteiger partial charge is 0.385 e. The number of carbonyl (C=O) groups is 1. The number of carbonyl (C=O) groups excluding carboxylic acids is 1. The second-order valence-corrected chi connectivity index (χ2v) is 4.71. The molecule has 116 valence electrons. The van der Waals surface area contributed by atoms with E-state index in [1.54, 1.807) is 19.2 Å². The third-order valence-electron chi connectivity index (χ3n) is 3.06. The number of nitro benzene ring substituents is 1. The molecule has 0 aliphatic heterocycles. The standard InChI is InChI=1S/C14H21N3O4/c1-21-10-2-3-13(15)14(18)16-9-8-11-4-6-12(7-5-11)17(19)20/h4-7,13H,2-3,8-10,15H2,1H3,(H,16,18). The van der Waals surface area contributed by atoms with Crippen LogP contribution in [0.2, 0.25) is 0 Å². The van der Waals surface area contributed by atoms with Crippen LogP contribution in [0.1, 0.15) is 18.4 Å². The Balaban J connectivity index is 2.29. The number of nitrogens with two attached hydrogens (primary N) is 1. The van der Waals surface area contributed by atoms with Crippen LogP contribution in [-0.4, -0.2) is 37.1 Å². The molecule has 1 atom stereocenters. The van der Waals surface area contributed by atoms with Crippen molar-refractivity contribution in [1.29, 1.82) is 0 Å². The van der Waals surface area contributed by atoms with Crippen molar-refractivity contribution >= 4 is 11.6 Å². The Morgan fingerprint density at radius 1 is 1.43 bits per heavy atom. The van der Waals surface area contributed by atoms with Crippen LogP contribution in [0.25, 0.3) is 0 Å². The van der Waals surface area contributed by atoms with Gasteiger partial charge in [0.25, 0.3) is 5.69 Å². The number of methoxy groups -OCH3 is 1. The Kier molecular flexibility index (Phi) is 7.34. The van der Waals surface area contributed by atoms with Gasteiger partial charge in [0.2, 0.25) is 5.91 Å². The summed E-state index contributed by atoms with van der Waals surface area (Å²) >= 11 is 0. The lowest BCUT2D eigenvalue weighted by atomic mass is 10.1. The number of nitrogens with zero attached hydrogens (tertiary/aromatic N) is 1. The van der Waals surface area contributed by atoms with E-state index in [0.29, 0.717) is 26.0 Å². The highest BCUT2D eigenvalue weighted by molar-refractivity contribution is 5.81. The lowest BCUT2D eigenvalue weighted by Gasteiger charge is -2.11. The van der Waals surface area contributed by atoms with Crippen LogP contribution < -0.4 is 11.1 Å². The highest BCUT2D eigenvalue weighted by atomic mass is 16.6.